The van der Waals surface area contributed by atoms with Crippen molar-refractivity contribution in [3.05, 3.63) is 35.9 Å². The van der Waals surface area contributed by atoms with Crippen LogP contribution < -0.4 is 0 Å². The molecule has 0 bridgehead atoms. The third kappa shape index (κ3) is 5.46. The zero-order valence-corrected chi connectivity index (χ0v) is 13.6. The average molecular weight is 356 g/mol. The van der Waals surface area contributed by atoms with E-state index in [-0.39, 0.29) is 6.42 Å². The van der Waals surface area contributed by atoms with E-state index in [1.165, 1.54) is 0 Å². The van der Waals surface area contributed by atoms with E-state index in [0.717, 1.165) is 5.56 Å². The molecule has 1 aliphatic rings. The molecule has 0 saturated carbocycles. The van der Waals surface area contributed by atoms with Crippen molar-refractivity contribution in [1.82, 2.24) is 0 Å². The summed E-state index contributed by atoms with van der Waals surface area (Å²) in [6.45, 7) is -0.571. The molecule has 0 amide bonds. The first-order valence-corrected chi connectivity index (χ1v) is 8.14. The lowest BCUT2D eigenvalue weighted by atomic mass is 9.99. The highest BCUT2D eigenvalue weighted by atomic mass is 16.7. The quantitative estimate of drug-likeness (QED) is 0.412. The van der Waals surface area contributed by atoms with Crippen LogP contribution in [-0.4, -0.2) is 74.9 Å². The Balaban J connectivity index is 2.01. The summed E-state index contributed by atoms with van der Waals surface area (Å²) in [5.41, 5.74) is 1.01. The van der Waals surface area contributed by atoms with Crippen molar-refractivity contribution < 1.29 is 39.8 Å². The smallest absolute Gasteiger partial charge is 0.305 e. The second-order valence-corrected chi connectivity index (χ2v) is 6.08. The molecule has 140 valence electrons. The molecule has 1 aromatic rings. The van der Waals surface area contributed by atoms with Gasteiger partial charge in [0.25, 0.3) is 0 Å². The standard InChI is InChI=1S/C17H24O8/c18-9-12-14(21)15(22)16(23)17(25-12)24-11(8-13(19)20)7-6-10-4-2-1-3-5-10/h1-5,11-12,14-18,21-23H,6-9H2,(H,19,20)/t11-,12+,14-,15-,16-,17+/m1/s1. The van der Waals surface area contributed by atoms with Gasteiger partial charge >= 0.3 is 5.97 Å². The van der Waals surface area contributed by atoms with E-state index >= 15 is 0 Å². The van der Waals surface area contributed by atoms with Crippen LogP contribution in [-0.2, 0) is 20.7 Å². The van der Waals surface area contributed by atoms with Gasteiger partial charge in [-0.2, -0.15) is 0 Å². The summed E-state index contributed by atoms with van der Waals surface area (Å²) < 4.78 is 10.8. The summed E-state index contributed by atoms with van der Waals surface area (Å²) in [5, 5.41) is 47.8. The lowest BCUT2D eigenvalue weighted by molar-refractivity contribution is -0.311. The van der Waals surface area contributed by atoms with Crippen molar-refractivity contribution in [1.29, 1.82) is 0 Å². The predicted octanol–water partition coefficient (Wildman–Crippen LogP) is -0.721. The minimum Gasteiger partial charge on any atom is -0.481 e. The maximum Gasteiger partial charge on any atom is 0.305 e. The largest absolute Gasteiger partial charge is 0.481 e. The number of aliphatic hydroxyl groups is 4. The van der Waals surface area contributed by atoms with Gasteiger partial charge in [-0.15, -0.1) is 0 Å². The van der Waals surface area contributed by atoms with Crippen molar-refractivity contribution in [3.8, 4) is 0 Å². The monoisotopic (exact) mass is 356 g/mol. The summed E-state index contributed by atoms with van der Waals surface area (Å²) >= 11 is 0. The van der Waals surface area contributed by atoms with Crippen LogP contribution in [0.15, 0.2) is 30.3 Å². The van der Waals surface area contributed by atoms with Gasteiger partial charge in [0.15, 0.2) is 6.29 Å². The van der Waals surface area contributed by atoms with Crippen molar-refractivity contribution in [2.75, 3.05) is 6.61 Å². The first-order chi connectivity index (χ1) is 11.9. The van der Waals surface area contributed by atoms with Gasteiger partial charge in [-0.3, -0.25) is 4.79 Å². The predicted molar refractivity (Wildman–Crippen MR) is 85.7 cm³/mol. The fourth-order valence-electron chi connectivity index (χ4n) is 2.75. The first kappa shape index (κ1) is 19.8. The SMILES string of the molecule is O=C(O)C[C@@H](CCc1ccccc1)O[C@H]1O[C@@H](CO)[C@@H](O)[C@@H](O)[C@H]1O. The Morgan fingerprint density at radius 1 is 1.12 bits per heavy atom. The van der Waals surface area contributed by atoms with Crippen LogP contribution in [0.1, 0.15) is 18.4 Å². The molecule has 1 heterocycles. The number of aliphatic carboxylic acids is 1. The molecule has 6 atom stereocenters. The Morgan fingerprint density at radius 2 is 1.80 bits per heavy atom. The molecule has 0 unspecified atom stereocenters. The Kier molecular flexibility index (Phi) is 7.30. The zero-order valence-electron chi connectivity index (χ0n) is 13.6. The highest BCUT2D eigenvalue weighted by molar-refractivity contribution is 5.67. The van der Waals surface area contributed by atoms with Crippen LogP contribution in [0.25, 0.3) is 0 Å². The van der Waals surface area contributed by atoms with Crippen LogP contribution in [0, 0.1) is 0 Å². The molecule has 0 aromatic heterocycles. The number of ether oxygens (including phenoxy) is 2. The van der Waals surface area contributed by atoms with Crippen LogP contribution in [0.4, 0.5) is 0 Å². The van der Waals surface area contributed by atoms with Gasteiger partial charge in [0.1, 0.15) is 24.4 Å². The number of benzene rings is 1. The Hall–Kier alpha value is -1.55. The van der Waals surface area contributed by atoms with Crippen LogP contribution in [0.5, 0.6) is 0 Å². The van der Waals surface area contributed by atoms with Crippen molar-refractivity contribution in [2.24, 2.45) is 0 Å². The summed E-state index contributed by atoms with van der Waals surface area (Å²) in [6, 6.07) is 9.44. The molecule has 8 nitrogen and oxygen atoms in total. The van der Waals surface area contributed by atoms with E-state index in [1.54, 1.807) is 0 Å². The number of rotatable bonds is 8. The second kappa shape index (κ2) is 9.23. The summed E-state index contributed by atoms with van der Waals surface area (Å²) in [4.78, 5) is 11.1. The minimum absolute atomic E-state index is 0.304. The van der Waals surface area contributed by atoms with E-state index in [1.807, 2.05) is 30.3 Å². The lowest BCUT2D eigenvalue weighted by Crippen LogP contribution is -2.59. The van der Waals surface area contributed by atoms with Crippen molar-refractivity contribution >= 4 is 5.97 Å². The van der Waals surface area contributed by atoms with Gasteiger partial charge in [-0.1, -0.05) is 30.3 Å². The summed E-state index contributed by atoms with van der Waals surface area (Å²) in [5.74, 6) is -1.07. The number of aliphatic hydroxyl groups excluding tert-OH is 4. The number of carboxylic acid groups (broad SMARTS) is 1. The normalized spacial score (nSPS) is 30.8. The summed E-state index contributed by atoms with van der Waals surface area (Å²) in [6.07, 6.45) is -7.16. The number of carboxylic acids is 1. The van der Waals surface area contributed by atoms with E-state index in [2.05, 4.69) is 0 Å². The highest BCUT2D eigenvalue weighted by Crippen LogP contribution is 2.24. The molecule has 8 heteroatoms. The summed E-state index contributed by atoms with van der Waals surface area (Å²) in [7, 11) is 0. The van der Waals surface area contributed by atoms with Gasteiger partial charge in [-0.05, 0) is 18.4 Å². The molecular weight excluding hydrogens is 332 g/mol. The van der Waals surface area contributed by atoms with Gasteiger partial charge < -0.3 is 35.0 Å². The van der Waals surface area contributed by atoms with Gasteiger partial charge in [-0.25, -0.2) is 0 Å². The lowest BCUT2D eigenvalue weighted by Gasteiger charge is -2.40. The second-order valence-electron chi connectivity index (χ2n) is 6.08. The molecule has 2 rings (SSSR count). The molecule has 0 spiro atoms. The highest BCUT2D eigenvalue weighted by Gasteiger charge is 2.44. The molecule has 0 radical (unpaired) electrons. The van der Waals surface area contributed by atoms with Gasteiger partial charge in [0.05, 0.1) is 19.1 Å². The van der Waals surface area contributed by atoms with Crippen molar-refractivity contribution in [2.45, 2.75) is 56.1 Å². The molecule has 1 saturated heterocycles. The fraction of sp³-hybridized carbons (Fsp3) is 0.588. The number of hydrogen-bond acceptors (Lipinski definition) is 7. The van der Waals surface area contributed by atoms with Crippen molar-refractivity contribution in [3.63, 3.8) is 0 Å². The van der Waals surface area contributed by atoms with E-state index in [9.17, 15) is 25.2 Å². The Morgan fingerprint density at radius 3 is 2.40 bits per heavy atom. The zero-order chi connectivity index (χ0) is 18.4. The van der Waals surface area contributed by atoms with Crippen LogP contribution in [0.2, 0.25) is 0 Å². The molecule has 25 heavy (non-hydrogen) atoms. The molecule has 1 aromatic carbocycles. The number of aryl methyl sites for hydroxylation is 1. The topological polar surface area (TPSA) is 137 Å². The van der Waals surface area contributed by atoms with Gasteiger partial charge in [0.2, 0.25) is 0 Å². The van der Waals surface area contributed by atoms with Gasteiger partial charge in [0, 0.05) is 0 Å². The van der Waals surface area contributed by atoms with Crippen LogP contribution in [0.3, 0.4) is 0 Å². The molecule has 5 N–H and O–H groups in total. The molecule has 1 aliphatic heterocycles. The maximum atomic E-state index is 11.1. The van der Waals surface area contributed by atoms with E-state index < -0.39 is 49.4 Å². The molecule has 1 fully saturated rings. The third-order valence-corrected chi connectivity index (χ3v) is 4.18. The molecule has 0 aliphatic carbocycles. The fourth-order valence-corrected chi connectivity index (χ4v) is 2.75. The third-order valence-electron chi connectivity index (χ3n) is 4.18. The average Bonchev–Trinajstić information content (AvgIpc) is 2.60. The van der Waals surface area contributed by atoms with Crippen LogP contribution >= 0.6 is 0 Å². The minimum atomic E-state index is -1.56. The molecular formula is C17H24O8. The van der Waals surface area contributed by atoms with E-state index in [4.69, 9.17) is 14.6 Å². The Bertz CT molecular complexity index is 535. The Labute approximate surface area is 145 Å². The number of hydrogen-bond donors (Lipinski definition) is 5. The first-order valence-electron chi connectivity index (χ1n) is 8.14. The maximum absolute atomic E-state index is 11.1. The van der Waals surface area contributed by atoms with E-state index in [0.29, 0.717) is 12.8 Å². The number of carbonyl (C=O) groups is 1.